The second-order valence-electron chi connectivity index (χ2n) is 11.3. The van der Waals surface area contributed by atoms with Crippen molar-refractivity contribution >= 4 is 17.4 Å². The van der Waals surface area contributed by atoms with Gasteiger partial charge in [-0.25, -0.2) is 0 Å². The first kappa shape index (κ1) is 28.5. The van der Waals surface area contributed by atoms with Gasteiger partial charge in [-0.2, -0.15) is 0 Å². The predicted octanol–water partition coefficient (Wildman–Crippen LogP) is 3.23. The lowest BCUT2D eigenvalue weighted by Gasteiger charge is -2.29. The largest absolute Gasteiger partial charge is 0.872 e. The zero-order valence-corrected chi connectivity index (χ0v) is 23.4. The second kappa shape index (κ2) is 12.0. The van der Waals surface area contributed by atoms with E-state index in [2.05, 4.69) is 41.8 Å². The second-order valence-corrected chi connectivity index (χ2v) is 11.3. The number of quaternary nitrogens is 1. The van der Waals surface area contributed by atoms with Gasteiger partial charge in [-0.3, -0.25) is 9.59 Å². The number of unbranched alkanes of at least 4 members (excludes halogenated alkanes) is 1. The number of nitrogens with zero attached hydrogens (tertiary/aromatic N) is 1. The lowest BCUT2D eigenvalue weighted by atomic mass is 9.85. The van der Waals surface area contributed by atoms with E-state index in [9.17, 15) is 14.7 Å². The van der Waals surface area contributed by atoms with Gasteiger partial charge in [-0.05, 0) is 53.1 Å². The van der Waals surface area contributed by atoms with Crippen molar-refractivity contribution in [1.29, 1.82) is 0 Å². The van der Waals surface area contributed by atoms with Gasteiger partial charge in [0.1, 0.15) is 5.75 Å². The monoisotopic (exact) mass is 506 g/mol. The lowest BCUT2D eigenvalue weighted by Crippen LogP contribution is -3.05. The van der Waals surface area contributed by atoms with Crippen LogP contribution in [0.3, 0.4) is 0 Å². The number of likely N-dealkylation sites (tertiary alicyclic amines) is 1. The minimum Gasteiger partial charge on any atom is -0.872 e. The van der Waals surface area contributed by atoms with Gasteiger partial charge < -0.3 is 19.6 Å². The van der Waals surface area contributed by atoms with Gasteiger partial charge >= 0.3 is 0 Å². The number of ether oxygens (including phenoxy) is 1. The number of carbonyl (C=O) groups excluding carboxylic acids is 2. The predicted molar refractivity (Wildman–Crippen MR) is 145 cm³/mol. The highest BCUT2D eigenvalue weighted by molar-refractivity contribution is 6.46. The Morgan fingerprint density at radius 2 is 1.73 bits per heavy atom. The van der Waals surface area contributed by atoms with Gasteiger partial charge in [0.15, 0.2) is 0 Å². The number of nitrogens with one attached hydrogen (secondary N) is 1. The van der Waals surface area contributed by atoms with Crippen LogP contribution in [0.1, 0.15) is 75.3 Å². The summed E-state index contributed by atoms with van der Waals surface area (Å²) in [6.07, 6.45) is 2.73. The minimum atomic E-state index is -0.699. The molecule has 1 N–H and O–H groups in total. The SMILES string of the molecule is CCCCOc1ccc(C([O-])=C2C(=O)C(=O)N(CCC[NH+](C)C)C2c2ccc(C(C)(C)C)cc2)c(C)c1. The molecule has 6 heteroatoms. The maximum Gasteiger partial charge on any atom is 0.295 e. The smallest absolute Gasteiger partial charge is 0.295 e. The molecule has 2 aromatic carbocycles. The maximum absolute atomic E-state index is 13.9. The lowest BCUT2D eigenvalue weighted by molar-refractivity contribution is -0.858. The fourth-order valence-corrected chi connectivity index (χ4v) is 4.68. The third-order valence-electron chi connectivity index (χ3n) is 6.91. The zero-order valence-electron chi connectivity index (χ0n) is 23.4. The Bertz CT molecular complexity index is 1140. The molecule has 200 valence electrons. The molecular weight excluding hydrogens is 464 g/mol. The van der Waals surface area contributed by atoms with Crippen LogP contribution in [-0.4, -0.2) is 50.4 Å². The Morgan fingerprint density at radius 3 is 2.30 bits per heavy atom. The number of rotatable bonds is 10. The van der Waals surface area contributed by atoms with Crippen LogP contribution in [0.15, 0.2) is 48.0 Å². The summed E-state index contributed by atoms with van der Waals surface area (Å²) in [5.74, 6) is -0.987. The number of carbonyl (C=O) groups is 2. The molecule has 0 aliphatic carbocycles. The molecule has 1 fully saturated rings. The van der Waals surface area contributed by atoms with E-state index in [-0.39, 0.29) is 16.7 Å². The quantitative estimate of drug-likeness (QED) is 0.232. The van der Waals surface area contributed by atoms with Crippen LogP contribution in [0.25, 0.3) is 5.76 Å². The summed E-state index contributed by atoms with van der Waals surface area (Å²) in [7, 11) is 4.11. The van der Waals surface area contributed by atoms with E-state index in [0.717, 1.165) is 42.5 Å². The van der Waals surface area contributed by atoms with Crippen LogP contribution in [0.4, 0.5) is 0 Å². The van der Waals surface area contributed by atoms with Crippen LogP contribution in [0, 0.1) is 6.92 Å². The summed E-state index contributed by atoms with van der Waals surface area (Å²) in [5, 5.41) is 13.9. The first-order valence-corrected chi connectivity index (χ1v) is 13.4. The van der Waals surface area contributed by atoms with Crippen LogP contribution >= 0.6 is 0 Å². The molecule has 1 aliphatic heterocycles. The third-order valence-corrected chi connectivity index (χ3v) is 6.91. The molecule has 1 saturated heterocycles. The number of hydrogen-bond donors (Lipinski definition) is 1. The summed E-state index contributed by atoms with van der Waals surface area (Å²) < 4.78 is 5.79. The van der Waals surface area contributed by atoms with E-state index in [1.165, 1.54) is 4.90 Å². The number of Topliss-reactive ketones (excluding diaryl/α,β-unsaturated/α-hetero) is 1. The first-order valence-electron chi connectivity index (χ1n) is 13.4. The molecule has 1 unspecified atom stereocenters. The van der Waals surface area contributed by atoms with E-state index in [1.807, 2.05) is 37.3 Å². The Hall–Kier alpha value is -3.12. The van der Waals surface area contributed by atoms with Crippen molar-refractivity contribution in [1.82, 2.24) is 4.90 Å². The first-order chi connectivity index (χ1) is 17.5. The van der Waals surface area contributed by atoms with Crippen molar-refractivity contribution in [3.63, 3.8) is 0 Å². The summed E-state index contributed by atoms with van der Waals surface area (Å²) in [6.45, 7) is 12.2. The molecule has 1 atom stereocenters. The zero-order chi connectivity index (χ0) is 27.3. The highest BCUT2D eigenvalue weighted by atomic mass is 16.5. The topological polar surface area (TPSA) is 74.1 Å². The normalized spacial score (nSPS) is 17.6. The van der Waals surface area contributed by atoms with Gasteiger partial charge in [-0.1, -0.05) is 70.2 Å². The fraction of sp³-hybridized carbons (Fsp3) is 0.484. The number of amides is 1. The van der Waals surface area contributed by atoms with Gasteiger partial charge in [0.05, 0.1) is 33.3 Å². The molecule has 0 radical (unpaired) electrons. The molecule has 1 aliphatic rings. The van der Waals surface area contributed by atoms with Crippen molar-refractivity contribution in [3.05, 3.63) is 70.3 Å². The number of aryl methyl sites for hydroxylation is 1. The summed E-state index contributed by atoms with van der Waals surface area (Å²) in [4.78, 5) is 29.4. The Kier molecular flexibility index (Phi) is 9.19. The molecule has 0 bridgehead atoms. The molecule has 0 spiro atoms. The molecule has 0 saturated carbocycles. The summed E-state index contributed by atoms with van der Waals surface area (Å²) >= 11 is 0. The van der Waals surface area contributed by atoms with Crippen LogP contribution in [0.2, 0.25) is 0 Å². The van der Waals surface area contributed by atoms with Crippen molar-refractivity contribution in [2.24, 2.45) is 0 Å². The van der Waals surface area contributed by atoms with Crippen molar-refractivity contribution in [3.8, 4) is 5.75 Å². The van der Waals surface area contributed by atoms with E-state index in [1.54, 1.807) is 17.0 Å². The highest BCUT2D eigenvalue weighted by Gasteiger charge is 2.44. The standard InChI is InChI=1S/C31H42N2O4/c1-8-9-19-37-24-15-16-25(21(2)20-24)28(34)26-27(22-11-13-23(14-12-22)31(3,4)5)33(30(36)29(26)35)18-10-17-32(6)7/h11-16,20,27,34H,8-10,17-19H2,1-7H3. The number of benzene rings is 2. The van der Waals surface area contributed by atoms with E-state index in [4.69, 9.17) is 4.74 Å². The van der Waals surface area contributed by atoms with E-state index >= 15 is 0 Å². The van der Waals surface area contributed by atoms with Gasteiger partial charge in [0, 0.05) is 18.5 Å². The molecule has 3 rings (SSSR count). The molecule has 1 amide bonds. The van der Waals surface area contributed by atoms with Gasteiger partial charge in [-0.15, -0.1) is 0 Å². The number of ketones is 1. The third kappa shape index (κ3) is 6.61. The fourth-order valence-electron chi connectivity index (χ4n) is 4.68. The van der Waals surface area contributed by atoms with Crippen LogP contribution in [-0.2, 0) is 15.0 Å². The molecule has 0 aromatic heterocycles. The number of hydrogen-bond acceptors (Lipinski definition) is 4. The Balaban J connectivity index is 2.06. The molecule has 2 aromatic rings. The van der Waals surface area contributed by atoms with E-state index in [0.29, 0.717) is 24.5 Å². The minimum absolute atomic E-state index is 0.0333. The molecule has 6 nitrogen and oxygen atoms in total. The van der Waals surface area contributed by atoms with Crippen molar-refractivity contribution in [2.75, 3.05) is 33.8 Å². The van der Waals surface area contributed by atoms with Crippen LogP contribution < -0.4 is 14.7 Å². The van der Waals surface area contributed by atoms with Gasteiger partial charge in [0.2, 0.25) is 5.78 Å². The van der Waals surface area contributed by atoms with Gasteiger partial charge in [0.25, 0.3) is 5.91 Å². The summed E-state index contributed by atoms with van der Waals surface area (Å²) in [5.41, 5.74) is 3.09. The molecular formula is C31H42N2O4. The Morgan fingerprint density at radius 1 is 1.05 bits per heavy atom. The average Bonchev–Trinajstić information content (AvgIpc) is 3.08. The molecule has 1 heterocycles. The summed E-state index contributed by atoms with van der Waals surface area (Å²) in [6, 6.07) is 12.6. The molecule has 37 heavy (non-hydrogen) atoms. The highest BCUT2D eigenvalue weighted by Crippen LogP contribution is 2.40. The van der Waals surface area contributed by atoms with Crippen molar-refractivity contribution < 1.29 is 24.3 Å². The average molecular weight is 507 g/mol. The maximum atomic E-state index is 13.9. The van der Waals surface area contributed by atoms with E-state index < -0.39 is 17.7 Å². The van der Waals surface area contributed by atoms with Crippen molar-refractivity contribution in [2.45, 2.75) is 65.3 Å². The Labute approximate surface area is 221 Å². The van der Waals surface area contributed by atoms with Crippen LogP contribution in [0.5, 0.6) is 5.75 Å².